The lowest BCUT2D eigenvalue weighted by molar-refractivity contribution is 0.393. The highest BCUT2D eigenvalue weighted by Gasteiger charge is 2.17. The third kappa shape index (κ3) is 3.65. The Hall–Kier alpha value is -2.88. The zero-order chi connectivity index (χ0) is 19.4. The molecule has 2 aromatic heterocycles. The predicted molar refractivity (Wildman–Crippen MR) is 112 cm³/mol. The van der Waals surface area contributed by atoms with Gasteiger partial charge in [0.25, 0.3) is 0 Å². The molecular weight excluding hydrogens is 334 g/mol. The van der Waals surface area contributed by atoms with Crippen molar-refractivity contribution in [3.05, 3.63) is 71.4 Å². The zero-order valence-corrected chi connectivity index (χ0v) is 16.8. The Morgan fingerprint density at radius 3 is 2.67 bits per heavy atom. The van der Waals surface area contributed by atoms with Crippen molar-refractivity contribution in [1.82, 2.24) is 14.7 Å². The van der Waals surface area contributed by atoms with E-state index in [0.717, 1.165) is 41.1 Å². The van der Waals surface area contributed by atoms with Crippen molar-refractivity contribution in [3.8, 4) is 11.1 Å². The largest absolute Gasteiger partial charge is 0.361 e. The lowest BCUT2D eigenvalue weighted by Crippen LogP contribution is -2.00. The van der Waals surface area contributed by atoms with Crippen LogP contribution in [0.15, 0.2) is 58.9 Å². The molecule has 3 aromatic rings. The molecule has 2 heterocycles. The quantitative estimate of drug-likeness (QED) is 0.567. The molecule has 0 aliphatic heterocycles. The number of allylic oxidation sites excluding steroid dienone is 6. The van der Waals surface area contributed by atoms with Gasteiger partial charge in [0.1, 0.15) is 5.76 Å². The summed E-state index contributed by atoms with van der Waals surface area (Å²) in [7, 11) is 0. The number of hydrogen-bond acceptors (Lipinski definition) is 3. The Morgan fingerprint density at radius 1 is 1.11 bits per heavy atom. The Kier molecular flexibility index (Phi) is 5.75. The van der Waals surface area contributed by atoms with Crippen LogP contribution in [-0.2, 0) is 6.54 Å². The van der Waals surface area contributed by atoms with Crippen molar-refractivity contribution in [2.75, 3.05) is 0 Å². The SMILES string of the molecule is CC.Cc1noc(C)c1-c1ccc2ncn(CC3=CC=CCC=C3)c2c1C. The molecule has 0 unspecified atom stereocenters. The topological polar surface area (TPSA) is 43.9 Å². The van der Waals surface area contributed by atoms with Crippen LogP contribution < -0.4 is 0 Å². The number of hydrogen-bond donors (Lipinski definition) is 0. The molecule has 140 valence electrons. The molecule has 0 N–H and O–H groups in total. The zero-order valence-electron chi connectivity index (χ0n) is 16.8. The van der Waals surface area contributed by atoms with Crippen LogP contribution >= 0.6 is 0 Å². The van der Waals surface area contributed by atoms with E-state index in [9.17, 15) is 0 Å². The Labute approximate surface area is 160 Å². The normalized spacial score (nSPS) is 13.3. The van der Waals surface area contributed by atoms with E-state index in [1.807, 2.05) is 34.0 Å². The summed E-state index contributed by atoms with van der Waals surface area (Å²) < 4.78 is 7.59. The number of nitrogens with zero attached hydrogens (tertiary/aromatic N) is 3. The van der Waals surface area contributed by atoms with E-state index >= 15 is 0 Å². The Morgan fingerprint density at radius 2 is 1.93 bits per heavy atom. The summed E-state index contributed by atoms with van der Waals surface area (Å²) in [6.07, 6.45) is 13.8. The van der Waals surface area contributed by atoms with Crippen LogP contribution in [-0.4, -0.2) is 14.7 Å². The van der Waals surface area contributed by atoms with Crippen LogP contribution in [0.25, 0.3) is 22.2 Å². The number of aryl methyl sites for hydroxylation is 3. The van der Waals surface area contributed by atoms with E-state index in [1.165, 1.54) is 16.7 Å². The first kappa shape index (κ1) is 18.9. The maximum Gasteiger partial charge on any atom is 0.141 e. The molecule has 0 fully saturated rings. The van der Waals surface area contributed by atoms with Gasteiger partial charge in [-0.25, -0.2) is 4.98 Å². The summed E-state index contributed by atoms with van der Waals surface area (Å²) in [5, 5.41) is 4.10. The van der Waals surface area contributed by atoms with Gasteiger partial charge < -0.3 is 9.09 Å². The van der Waals surface area contributed by atoms with Gasteiger partial charge in [-0.3, -0.25) is 0 Å². The molecular formula is C23H27N3O. The van der Waals surface area contributed by atoms with Gasteiger partial charge in [-0.15, -0.1) is 0 Å². The molecule has 4 heteroatoms. The Bertz CT molecular complexity index is 1010. The molecule has 0 saturated heterocycles. The monoisotopic (exact) mass is 361 g/mol. The van der Waals surface area contributed by atoms with Crippen LogP contribution in [0.5, 0.6) is 0 Å². The van der Waals surface area contributed by atoms with Crippen molar-refractivity contribution in [2.24, 2.45) is 0 Å². The number of rotatable bonds is 3. The van der Waals surface area contributed by atoms with Gasteiger partial charge in [-0.1, -0.05) is 55.5 Å². The smallest absolute Gasteiger partial charge is 0.141 e. The number of imidazole rings is 1. The first-order valence-corrected chi connectivity index (χ1v) is 9.55. The number of aromatic nitrogens is 3. The van der Waals surface area contributed by atoms with Crippen molar-refractivity contribution >= 4 is 11.0 Å². The van der Waals surface area contributed by atoms with E-state index < -0.39 is 0 Å². The van der Waals surface area contributed by atoms with Crippen LogP contribution in [0, 0.1) is 20.8 Å². The Balaban J connectivity index is 0.00000102. The third-order valence-electron chi connectivity index (χ3n) is 4.74. The molecule has 0 atom stereocenters. The fourth-order valence-corrected chi connectivity index (χ4v) is 3.53. The first-order chi connectivity index (χ1) is 13.1. The predicted octanol–water partition coefficient (Wildman–Crippen LogP) is 6.09. The lowest BCUT2D eigenvalue weighted by Gasteiger charge is -2.11. The van der Waals surface area contributed by atoms with E-state index in [0.29, 0.717) is 0 Å². The van der Waals surface area contributed by atoms with E-state index in [-0.39, 0.29) is 0 Å². The maximum absolute atomic E-state index is 5.37. The van der Waals surface area contributed by atoms with Gasteiger partial charge in [-0.2, -0.15) is 0 Å². The molecule has 0 radical (unpaired) electrons. The van der Waals surface area contributed by atoms with Gasteiger partial charge in [0.2, 0.25) is 0 Å². The molecule has 0 spiro atoms. The summed E-state index contributed by atoms with van der Waals surface area (Å²) in [6.45, 7) is 10.9. The van der Waals surface area contributed by atoms with Crippen LogP contribution in [0.1, 0.15) is 37.3 Å². The summed E-state index contributed by atoms with van der Waals surface area (Å²) in [6, 6.07) is 4.20. The average Bonchev–Trinajstić information content (AvgIpc) is 3.12. The maximum atomic E-state index is 5.37. The number of benzene rings is 1. The van der Waals surface area contributed by atoms with Crippen molar-refractivity contribution in [2.45, 2.75) is 47.6 Å². The van der Waals surface area contributed by atoms with Crippen molar-refractivity contribution in [3.63, 3.8) is 0 Å². The number of fused-ring (bicyclic) bond motifs is 1. The van der Waals surface area contributed by atoms with Gasteiger partial charge in [-0.05, 0) is 50.0 Å². The fourth-order valence-electron chi connectivity index (χ4n) is 3.53. The second-order valence-electron chi connectivity index (χ2n) is 6.49. The third-order valence-corrected chi connectivity index (χ3v) is 4.74. The molecule has 0 saturated carbocycles. The average molecular weight is 361 g/mol. The lowest BCUT2D eigenvalue weighted by atomic mass is 9.98. The van der Waals surface area contributed by atoms with E-state index in [1.54, 1.807) is 0 Å². The minimum atomic E-state index is 0.809. The van der Waals surface area contributed by atoms with E-state index in [4.69, 9.17) is 4.52 Å². The standard InChI is InChI=1S/C21H21N3O.C2H6/c1-14-18(20-15(2)23-25-16(20)3)10-11-19-21(14)24(13-22-19)12-17-8-6-4-5-7-9-17;1-2/h4,6-11,13H,5,12H2,1-3H3;1-2H3. The molecule has 0 amide bonds. The summed E-state index contributed by atoms with van der Waals surface area (Å²) in [5.41, 5.74) is 7.83. The van der Waals surface area contributed by atoms with Crippen molar-refractivity contribution in [1.29, 1.82) is 0 Å². The molecule has 1 aliphatic rings. The fraction of sp³-hybridized carbons (Fsp3) is 0.304. The highest BCUT2D eigenvalue weighted by atomic mass is 16.5. The molecule has 4 rings (SSSR count). The molecule has 1 aromatic carbocycles. The molecule has 4 nitrogen and oxygen atoms in total. The second-order valence-corrected chi connectivity index (χ2v) is 6.49. The molecule has 1 aliphatic carbocycles. The summed E-state index contributed by atoms with van der Waals surface area (Å²) >= 11 is 0. The van der Waals surface area contributed by atoms with Crippen molar-refractivity contribution < 1.29 is 4.52 Å². The first-order valence-electron chi connectivity index (χ1n) is 9.55. The minimum absolute atomic E-state index is 0.809. The van der Waals surface area contributed by atoms with E-state index in [2.05, 4.69) is 64.1 Å². The van der Waals surface area contributed by atoms with Crippen LogP contribution in [0.2, 0.25) is 0 Å². The summed E-state index contributed by atoms with van der Waals surface area (Å²) in [5.74, 6) is 0.852. The second kappa shape index (κ2) is 8.21. The highest BCUT2D eigenvalue weighted by Crippen LogP contribution is 2.33. The van der Waals surface area contributed by atoms with Gasteiger partial charge in [0.15, 0.2) is 0 Å². The van der Waals surface area contributed by atoms with Crippen LogP contribution in [0.3, 0.4) is 0 Å². The van der Waals surface area contributed by atoms with Gasteiger partial charge in [0, 0.05) is 12.1 Å². The van der Waals surface area contributed by atoms with Gasteiger partial charge in [0.05, 0.1) is 23.1 Å². The van der Waals surface area contributed by atoms with Crippen LogP contribution in [0.4, 0.5) is 0 Å². The van der Waals surface area contributed by atoms with Gasteiger partial charge >= 0.3 is 0 Å². The molecule has 0 bridgehead atoms. The minimum Gasteiger partial charge on any atom is -0.361 e. The highest BCUT2D eigenvalue weighted by molar-refractivity contribution is 5.88. The summed E-state index contributed by atoms with van der Waals surface area (Å²) in [4.78, 5) is 4.59. The molecule has 27 heavy (non-hydrogen) atoms.